The van der Waals surface area contributed by atoms with Crippen molar-refractivity contribution in [2.45, 2.75) is 174 Å². The molecule has 0 rings (SSSR count). The SMILES string of the molecule is CC(C)(C)[Si](C)([SiH]([Si](C)(C(C)(C)C)C(C)(C)C)[Si](C)(C(C)(C)C)C(C)(C)C)C(C)(C)C. The predicted octanol–water partition coefficient (Wildman–Crippen LogP) is 10.5. The predicted molar refractivity (Wildman–Crippen MR) is 160 cm³/mol. The van der Waals surface area contributed by atoms with Gasteiger partial charge in [-0.1, -0.05) is 144 Å². The second kappa shape index (κ2) is 8.22. The molecule has 0 aliphatic rings. The van der Waals surface area contributed by atoms with Crippen LogP contribution in [0.25, 0.3) is 0 Å². The zero-order valence-electron chi connectivity index (χ0n) is 26.1. The maximum atomic E-state index is 2.91. The lowest BCUT2D eigenvalue weighted by atomic mass is 10.2. The Kier molecular flexibility index (Phi) is 8.45. The average Bonchev–Trinajstić information content (AvgIpc) is 2.39. The van der Waals surface area contributed by atoms with E-state index in [4.69, 9.17) is 0 Å². The maximum absolute atomic E-state index is 2.91. The lowest BCUT2D eigenvalue weighted by Crippen LogP contribution is -2.87. The van der Waals surface area contributed by atoms with Gasteiger partial charge in [-0.2, -0.15) is 0 Å². The van der Waals surface area contributed by atoms with Crippen LogP contribution in [-0.4, -0.2) is 30.1 Å². The standard InChI is InChI=1S/C27H64Si4/c1-22(2,3)29(19,23(4,5)6)28(30(20,24(7,8)9)25(10,11)12)31(21,26(13,14)15)27(16,17)18/h28H,1-21H3. The third kappa shape index (κ3) is 4.84. The molecule has 0 aromatic carbocycles. The first-order valence-electron chi connectivity index (χ1n) is 12.9. The zero-order chi connectivity index (χ0) is 26.1. The lowest BCUT2D eigenvalue weighted by molar-refractivity contribution is 0.617. The van der Waals surface area contributed by atoms with E-state index >= 15 is 0 Å². The third-order valence-electron chi connectivity index (χ3n) is 11.1. The van der Waals surface area contributed by atoms with Crippen molar-refractivity contribution in [3.8, 4) is 0 Å². The van der Waals surface area contributed by atoms with E-state index in [9.17, 15) is 0 Å². The van der Waals surface area contributed by atoms with E-state index < -0.39 is 30.1 Å². The molecule has 0 fully saturated rings. The Labute approximate surface area is 204 Å². The van der Waals surface area contributed by atoms with Crippen molar-refractivity contribution in [2.75, 3.05) is 0 Å². The summed E-state index contributed by atoms with van der Waals surface area (Å²) in [6.07, 6.45) is 0. The lowest BCUT2D eigenvalue weighted by Gasteiger charge is -2.72. The molecule has 0 radical (unpaired) electrons. The van der Waals surface area contributed by atoms with Crippen LogP contribution in [0.4, 0.5) is 0 Å². The fourth-order valence-corrected chi connectivity index (χ4v) is 127. The third-order valence-corrected chi connectivity index (χ3v) is 90.4. The van der Waals surface area contributed by atoms with Crippen molar-refractivity contribution in [3.05, 3.63) is 0 Å². The quantitative estimate of drug-likeness (QED) is 0.338. The minimum Gasteiger partial charge on any atom is -0.0709 e. The van der Waals surface area contributed by atoms with Crippen molar-refractivity contribution >= 4 is 30.1 Å². The van der Waals surface area contributed by atoms with Crippen molar-refractivity contribution < 1.29 is 0 Å². The first-order valence-corrected chi connectivity index (χ1v) is 25.8. The molecule has 31 heavy (non-hydrogen) atoms. The van der Waals surface area contributed by atoms with Crippen LogP contribution >= 0.6 is 0 Å². The Morgan fingerprint density at radius 2 is 0.387 bits per heavy atom. The summed E-state index contributed by atoms with van der Waals surface area (Å²) in [5, 5.41) is 2.49. The highest BCUT2D eigenvalue weighted by molar-refractivity contribution is 7.84. The molecule has 0 unspecified atom stereocenters. The van der Waals surface area contributed by atoms with Gasteiger partial charge in [-0.05, 0) is 30.2 Å². The number of hydrogen-bond acceptors (Lipinski definition) is 0. The van der Waals surface area contributed by atoms with Crippen molar-refractivity contribution in [1.29, 1.82) is 0 Å². The second-order valence-corrected chi connectivity index (χ2v) is 55.4. The van der Waals surface area contributed by atoms with E-state index in [0.717, 1.165) is 0 Å². The average molecular weight is 501 g/mol. The molecule has 0 atom stereocenters. The molecular weight excluding hydrogens is 437 g/mol. The molecule has 0 aliphatic carbocycles. The Balaban J connectivity index is 8.29. The first kappa shape index (κ1) is 31.9. The largest absolute Gasteiger partial charge is 0.0709 e. The molecular formula is C27H64Si4. The molecule has 0 heterocycles. The highest BCUT2D eigenvalue weighted by atomic mass is 29.9. The van der Waals surface area contributed by atoms with Gasteiger partial charge in [-0.25, -0.2) is 0 Å². The molecule has 0 saturated carbocycles. The van der Waals surface area contributed by atoms with E-state index in [0.29, 0.717) is 30.2 Å². The molecule has 0 bridgehead atoms. The van der Waals surface area contributed by atoms with Gasteiger partial charge in [0.2, 0.25) is 0 Å². The molecule has 0 nitrogen and oxygen atoms in total. The summed E-state index contributed by atoms with van der Waals surface area (Å²) in [5.41, 5.74) is 0. The number of rotatable bonds is 3. The summed E-state index contributed by atoms with van der Waals surface area (Å²) in [5.74, 6) is 0. The van der Waals surface area contributed by atoms with E-state index in [1.54, 1.807) is 0 Å². The van der Waals surface area contributed by atoms with Gasteiger partial charge in [-0.15, -0.1) is 0 Å². The fraction of sp³-hybridized carbons (Fsp3) is 1.00. The van der Waals surface area contributed by atoms with Gasteiger partial charge in [0, 0.05) is 30.1 Å². The summed E-state index contributed by atoms with van der Waals surface area (Å²) in [6, 6.07) is 0. The Bertz CT molecular complexity index is 487. The van der Waals surface area contributed by atoms with Gasteiger partial charge >= 0.3 is 0 Å². The van der Waals surface area contributed by atoms with Gasteiger partial charge in [0.25, 0.3) is 0 Å². The number of hydrogen-bond donors (Lipinski definition) is 0. The van der Waals surface area contributed by atoms with E-state index in [1.807, 2.05) is 0 Å². The molecule has 0 spiro atoms. The van der Waals surface area contributed by atoms with Gasteiger partial charge in [0.1, 0.15) is 0 Å². The molecule has 0 aliphatic heterocycles. The van der Waals surface area contributed by atoms with Crippen LogP contribution in [-0.2, 0) is 0 Å². The molecule has 0 amide bonds. The van der Waals surface area contributed by atoms with Crippen molar-refractivity contribution in [2.24, 2.45) is 0 Å². The van der Waals surface area contributed by atoms with Crippen LogP contribution in [0.1, 0.15) is 125 Å². The van der Waals surface area contributed by atoms with Crippen LogP contribution in [0.5, 0.6) is 0 Å². The Morgan fingerprint density at radius 3 is 0.452 bits per heavy atom. The van der Waals surface area contributed by atoms with Crippen LogP contribution in [0, 0.1) is 0 Å². The normalized spacial score (nSPS) is 16.8. The molecule has 0 aromatic heterocycles. The van der Waals surface area contributed by atoms with E-state index in [2.05, 4.69) is 144 Å². The summed E-state index contributed by atoms with van der Waals surface area (Å²) in [4.78, 5) is 0. The first-order chi connectivity index (χ1) is 12.9. The zero-order valence-corrected chi connectivity index (χ0v) is 30.2. The Morgan fingerprint density at radius 1 is 0.290 bits per heavy atom. The van der Waals surface area contributed by atoms with E-state index in [-0.39, 0.29) is 0 Å². The van der Waals surface area contributed by atoms with Gasteiger partial charge in [-0.3, -0.25) is 0 Å². The van der Waals surface area contributed by atoms with Crippen molar-refractivity contribution in [1.82, 2.24) is 0 Å². The smallest absolute Gasteiger partial charge is 0.0467 e. The van der Waals surface area contributed by atoms with Gasteiger partial charge in [0.15, 0.2) is 0 Å². The molecule has 188 valence electrons. The van der Waals surface area contributed by atoms with Gasteiger partial charge in [0.05, 0.1) is 0 Å². The molecule has 4 heteroatoms. The summed E-state index contributed by atoms with van der Waals surface area (Å²) in [7, 11) is -6.45. The molecule has 0 N–H and O–H groups in total. The van der Waals surface area contributed by atoms with Crippen molar-refractivity contribution in [3.63, 3.8) is 0 Å². The fourth-order valence-electron chi connectivity index (χ4n) is 7.71. The van der Waals surface area contributed by atoms with E-state index in [1.165, 1.54) is 0 Å². The maximum Gasteiger partial charge on any atom is 0.0467 e. The highest BCUT2D eigenvalue weighted by Crippen LogP contribution is 2.67. The molecule has 0 aromatic rings. The van der Waals surface area contributed by atoms with Crippen LogP contribution in [0.15, 0.2) is 0 Å². The van der Waals surface area contributed by atoms with Gasteiger partial charge < -0.3 is 0 Å². The monoisotopic (exact) mass is 500 g/mol. The topological polar surface area (TPSA) is 0 Å². The molecule has 0 saturated heterocycles. The summed E-state index contributed by atoms with van der Waals surface area (Å²) < 4.78 is 0. The van der Waals surface area contributed by atoms with Crippen LogP contribution < -0.4 is 0 Å². The summed E-state index contributed by atoms with van der Waals surface area (Å²) >= 11 is 0. The van der Waals surface area contributed by atoms with Crippen LogP contribution in [0.3, 0.4) is 0 Å². The highest BCUT2D eigenvalue weighted by Gasteiger charge is 2.73. The second-order valence-electron chi connectivity index (χ2n) is 17.5. The Hall–Kier alpha value is 0.868. The minimum atomic E-state index is -1.73. The van der Waals surface area contributed by atoms with Crippen LogP contribution in [0.2, 0.25) is 49.9 Å². The summed E-state index contributed by atoms with van der Waals surface area (Å²) in [6.45, 7) is 56.3. The minimum absolute atomic E-state index is 0.414.